The molecule has 1 rings (SSSR count). The first kappa shape index (κ1) is 22.6. The van der Waals surface area contributed by atoms with Crippen LogP contribution in [0.1, 0.15) is 33.3 Å². The lowest BCUT2D eigenvalue weighted by molar-refractivity contribution is 0.179. The highest BCUT2D eigenvalue weighted by Gasteiger charge is 2.09. The molecule has 0 aromatic heterocycles. The molecule has 0 bridgehead atoms. The smallest absolute Gasteiger partial charge is 0.141 e. The van der Waals surface area contributed by atoms with Crippen LogP contribution in [-0.4, -0.2) is 43.8 Å². The van der Waals surface area contributed by atoms with Crippen LogP contribution in [0.3, 0.4) is 0 Å². The van der Waals surface area contributed by atoms with Crippen LogP contribution in [0.2, 0.25) is 0 Å². The third kappa shape index (κ3) is 8.22. The molecule has 1 aromatic carbocycles. The quantitative estimate of drug-likeness (QED) is 0.360. The third-order valence-corrected chi connectivity index (χ3v) is 4.20. The van der Waals surface area contributed by atoms with E-state index >= 15 is 0 Å². The Morgan fingerprint density at radius 2 is 1.81 bits per heavy atom. The lowest BCUT2D eigenvalue weighted by Crippen LogP contribution is -2.22. The van der Waals surface area contributed by atoms with E-state index in [2.05, 4.69) is 30.9 Å². The predicted octanol–water partition coefficient (Wildman–Crippen LogP) is 4.09. The maximum atomic E-state index is 5.92. The number of allylic oxidation sites excluding steroid dienone is 3. The van der Waals surface area contributed by atoms with Crippen LogP contribution < -0.4 is 10.5 Å². The predicted molar refractivity (Wildman–Crippen MR) is 113 cm³/mol. The van der Waals surface area contributed by atoms with Crippen molar-refractivity contribution in [3.63, 3.8) is 0 Å². The zero-order valence-corrected chi connectivity index (χ0v) is 17.7. The van der Waals surface area contributed by atoms with Crippen LogP contribution in [0.15, 0.2) is 59.6 Å². The Bertz CT molecular complexity index is 646. The first-order valence-electron chi connectivity index (χ1n) is 9.36. The third-order valence-electron chi connectivity index (χ3n) is 4.20. The number of nitrogens with two attached hydrogens (primary N) is 1. The summed E-state index contributed by atoms with van der Waals surface area (Å²) in [7, 11) is 3.97. The summed E-state index contributed by atoms with van der Waals surface area (Å²) in [6, 6.07) is 8.26. The highest BCUT2D eigenvalue weighted by atomic mass is 16.5. The second-order valence-electron chi connectivity index (χ2n) is 6.68. The van der Waals surface area contributed by atoms with Crippen molar-refractivity contribution in [2.75, 3.05) is 34.0 Å². The molecule has 0 radical (unpaired) electrons. The molecule has 0 spiro atoms. The van der Waals surface area contributed by atoms with Gasteiger partial charge in [0.1, 0.15) is 24.8 Å². The summed E-state index contributed by atoms with van der Waals surface area (Å²) in [4.78, 5) is 4.29. The molecule has 5 heteroatoms. The zero-order valence-electron chi connectivity index (χ0n) is 17.7. The topological polar surface area (TPSA) is 51.0 Å². The summed E-state index contributed by atoms with van der Waals surface area (Å²) >= 11 is 0. The number of ether oxygens (including phenoxy) is 2. The molecule has 0 unspecified atom stereocenters. The second-order valence-corrected chi connectivity index (χ2v) is 6.68. The zero-order chi connectivity index (χ0) is 20.2. The van der Waals surface area contributed by atoms with E-state index in [1.165, 1.54) is 5.56 Å². The molecular weight excluding hydrogens is 338 g/mol. The van der Waals surface area contributed by atoms with Gasteiger partial charge >= 0.3 is 0 Å². The van der Waals surface area contributed by atoms with E-state index in [0.29, 0.717) is 13.3 Å². The normalized spacial score (nSPS) is 13.1. The molecule has 150 valence electrons. The molecule has 0 aliphatic heterocycles. The minimum Gasteiger partial charge on any atom is -0.492 e. The van der Waals surface area contributed by atoms with Gasteiger partial charge in [-0.05, 0) is 59.5 Å². The fourth-order valence-electron chi connectivity index (χ4n) is 2.47. The number of rotatable bonds is 11. The van der Waals surface area contributed by atoms with Crippen LogP contribution in [0, 0.1) is 0 Å². The summed E-state index contributed by atoms with van der Waals surface area (Å²) in [6.45, 7) is 11.0. The summed E-state index contributed by atoms with van der Waals surface area (Å²) in [6.07, 6.45) is 5.50. The van der Waals surface area contributed by atoms with Gasteiger partial charge in [0.05, 0.1) is 0 Å². The van der Waals surface area contributed by atoms with Crippen molar-refractivity contribution in [1.82, 2.24) is 9.80 Å². The Morgan fingerprint density at radius 3 is 2.33 bits per heavy atom. The molecular formula is C22H35N3O2. The molecule has 0 aliphatic rings. The highest BCUT2D eigenvalue weighted by molar-refractivity contribution is 5.27. The first-order valence-corrected chi connectivity index (χ1v) is 9.36. The molecule has 1 aromatic rings. The van der Waals surface area contributed by atoms with Gasteiger partial charge in [-0.3, -0.25) is 4.90 Å². The largest absolute Gasteiger partial charge is 0.492 e. The van der Waals surface area contributed by atoms with Crippen LogP contribution in [0.4, 0.5) is 0 Å². The standard InChI is InChI=1S/C22H35N3O2/c1-7-9-21(14-23)16-26-19(4)18(3)25(8-2)15-20-10-12-22(13-11-20)27-17-24(5)6/h7,9-14H,8,15-17,23H2,1-6H3/b9-7-,19-18-,21-14+. The minimum atomic E-state index is 0.472. The van der Waals surface area contributed by atoms with Gasteiger partial charge in [0.2, 0.25) is 0 Å². The summed E-state index contributed by atoms with van der Waals surface area (Å²) in [5.41, 5.74) is 8.95. The first-order chi connectivity index (χ1) is 12.9. The van der Waals surface area contributed by atoms with Crippen molar-refractivity contribution in [1.29, 1.82) is 0 Å². The van der Waals surface area contributed by atoms with E-state index in [4.69, 9.17) is 15.2 Å². The van der Waals surface area contributed by atoms with E-state index in [1.54, 1.807) is 6.20 Å². The average molecular weight is 374 g/mol. The Kier molecular flexibility index (Phi) is 10.1. The van der Waals surface area contributed by atoms with Crippen molar-refractivity contribution in [3.05, 3.63) is 65.2 Å². The summed E-state index contributed by atoms with van der Waals surface area (Å²) in [5.74, 6) is 1.79. The van der Waals surface area contributed by atoms with E-state index in [1.807, 2.05) is 57.1 Å². The molecule has 0 fully saturated rings. The maximum Gasteiger partial charge on any atom is 0.141 e. The SMILES string of the molecule is C/C=C\C(=C/N)CO/C(C)=C(/C)N(CC)Cc1ccc(OCN(C)C)cc1. The number of hydrogen-bond acceptors (Lipinski definition) is 5. The Balaban J connectivity index is 2.72. The summed E-state index contributed by atoms with van der Waals surface area (Å²) in [5, 5.41) is 0. The molecule has 0 amide bonds. The fourth-order valence-corrected chi connectivity index (χ4v) is 2.47. The number of hydrogen-bond donors (Lipinski definition) is 1. The molecule has 0 atom stereocenters. The van der Waals surface area contributed by atoms with Gasteiger partial charge in [-0.2, -0.15) is 0 Å². The Hall–Kier alpha value is -2.40. The van der Waals surface area contributed by atoms with E-state index in [9.17, 15) is 0 Å². The maximum absolute atomic E-state index is 5.92. The van der Waals surface area contributed by atoms with Gasteiger partial charge in [-0.15, -0.1) is 0 Å². The molecule has 0 saturated carbocycles. The van der Waals surface area contributed by atoms with E-state index in [0.717, 1.165) is 35.9 Å². The van der Waals surface area contributed by atoms with Gasteiger partial charge in [0, 0.05) is 30.6 Å². The summed E-state index contributed by atoms with van der Waals surface area (Å²) < 4.78 is 11.6. The molecule has 0 aliphatic carbocycles. The molecule has 0 heterocycles. The van der Waals surface area contributed by atoms with Crippen LogP contribution in [-0.2, 0) is 11.3 Å². The van der Waals surface area contributed by atoms with Crippen molar-refractivity contribution >= 4 is 0 Å². The highest BCUT2D eigenvalue weighted by Crippen LogP contribution is 2.18. The molecule has 0 saturated heterocycles. The van der Waals surface area contributed by atoms with Crippen LogP contribution in [0.25, 0.3) is 0 Å². The molecule has 27 heavy (non-hydrogen) atoms. The monoisotopic (exact) mass is 373 g/mol. The Morgan fingerprint density at radius 1 is 1.15 bits per heavy atom. The second kappa shape index (κ2) is 12.1. The van der Waals surface area contributed by atoms with Gasteiger partial charge in [-0.1, -0.05) is 24.3 Å². The van der Waals surface area contributed by atoms with E-state index in [-0.39, 0.29) is 0 Å². The average Bonchev–Trinajstić information content (AvgIpc) is 2.67. The van der Waals surface area contributed by atoms with Gasteiger partial charge in [-0.25, -0.2) is 0 Å². The van der Waals surface area contributed by atoms with Crippen LogP contribution >= 0.6 is 0 Å². The fraction of sp³-hybridized carbons (Fsp3) is 0.455. The van der Waals surface area contributed by atoms with Crippen molar-refractivity contribution in [3.8, 4) is 5.75 Å². The van der Waals surface area contributed by atoms with Crippen molar-refractivity contribution in [2.45, 2.75) is 34.2 Å². The minimum absolute atomic E-state index is 0.472. The van der Waals surface area contributed by atoms with Crippen LogP contribution in [0.5, 0.6) is 5.75 Å². The Labute approximate surface area is 164 Å². The van der Waals surface area contributed by atoms with Gasteiger partial charge in [0.15, 0.2) is 0 Å². The lowest BCUT2D eigenvalue weighted by Gasteiger charge is -2.26. The molecule has 2 N–H and O–H groups in total. The number of nitrogens with zero attached hydrogens (tertiary/aromatic N) is 2. The lowest BCUT2D eigenvalue weighted by atomic mass is 10.2. The van der Waals surface area contributed by atoms with Crippen molar-refractivity contribution in [2.24, 2.45) is 5.73 Å². The number of benzene rings is 1. The molecule has 5 nitrogen and oxygen atoms in total. The van der Waals surface area contributed by atoms with Crippen molar-refractivity contribution < 1.29 is 9.47 Å². The van der Waals surface area contributed by atoms with Gasteiger partial charge in [0.25, 0.3) is 0 Å². The van der Waals surface area contributed by atoms with Gasteiger partial charge < -0.3 is 20.1 Å². The van der Waals surface area contributed by atoms with E-state index < -0.39 is 0 Å².